The molecule has 1 aliphatic carbocycles. The lowest BCUT2D eigenvalue weighted by Crippen LogP contribution is -2.48. The van der Waals surface area contributed by atoms with Crippen molar-refractivity contribution >= 4 is 27.5 Å². The summed E-state index contributed by atoms with van der Waals surface area (Å²) in [5.74, 6) is 0.135. The van der Waals surface area contributed by atoms with Gasteiger partial charge < -0.3 is 4.90 Å². The summed E-state index contributed by atoms with van der Waals surface area (Å²) in [5.41, 5.74) is 0.302. The average molecular weight is 382 g/mol. The van der Waals surface area contributed by atoms with Gasteiger partial charge in [0.2, 0.25) is 5.91 Å². The monoisotopic (exact) mass is 381 g/mol. The number of likely N-dealkylation sites (N-methyl/N-ethyl adjacent to an activating group) is 1. The fraction of sp³-hybridized carbons (Fsp3) is 0.562. The summed E-state index contributed by atoms with van der Waals surface area (Å²) in [6, 6.07) is 5.07. The van der Waals surface area contributed by atoms with E-state index in [1.807, 2.05) is 13.0 Å². The Kier molecular flexibility index (Phi) is 4.42. The SMILES string of the molecule is CCN1C(=O)C2(CCCCC2)NC1c1ccc(Br)c([N+](=O)[O-])c1. The largest absolute Gasteiger partial charge is 0.322 e. The first-order chi connectivity index (χ1) is 11.0. The van der Waals surface area contributed by atoms with Crippen LogP contribution >= 0.6 is 15.9 Å². The lowest BCUT2D eigenvalue weighted by molar-refractivity contribution is -0.385. The number of carbonyl (C=O) groups is 1. The maximum absolute atomic E-state index is 12.9. The fourth-order valence-corrected chi connectivity index (χ4v) is 4.13. The summed E-state index contributed by atoms with van der Waals surface area (Å²) >= 11 is 3.21. The molecule has 0 radical (unpaired) electrons. The molecular weight excluding hydrogens is 362 g/mol. The van der Waals surface area contributed by atoms with Crippen molar-refractivity contribution in [2.24, 2.45) is 0 Å². The van der Waals surface area contributed by atoms with E-state index in [0.717, 1.165) is 37.7 Å². The molecule has 0 bridgehead atoms. The van der Waals surface area contributed by atoms with Gasteiger partial charge in [0.15, 0.2) is 0 Å². The number of nitrogens with one attached hydrogen (secondary N) is 1. The van der Waals surface area contributed by atoms with Gasteiger partial charge in [0, 0.05) is 12.6 Å². The van der Waals surface area contributed by atoms with Crippen LogP contribution in [-0.4, -0.2) is 27.8 Å². The van der Waals surface area contributed by atoms with Crippen LogP contribution in [0, 0.1) is 10.1 Å². The van der Waals surface area contributed by atoms with Gasteiger partial charge in [-0.2, -0.15) is 0 Å². The van der Waals surface area contributed by atoms with E-state index in [2.05, 4.69) is 21.2 Å². The van der Waals surface area contributed by atoms with Gasteiger partial charge in [-0.1, -0.05) is 25.3 Å². The Hall–Kier alpha value is -1.47. The Morgan fingerprint density at radius 2 is 2.09 bits per heavy atom. The van der Waals surface area contributed by atoms with Crippen LogP contribution in [0.1, 0.15) is 50.8 Å². The molecule has 124 valence electrons. The number of carbonyl (C=O) groups excluding carboxylic acids is 1. The standard InChI is InChI=1S/C16H20BrN3O3/c1-2-19-14(11-6-7-12(17)13(10-11)20(22)23)18-16(15(19)21)8-4-3-5-9-16/h6-7,10,14,18H,2-5,8-9H2,1H3. The van der Waals surface area contributed by atoms with Crippen molar-refractivity contribution < 1.29 is 9.72 Å². The third-order valence-electron chi connectivity index (χ3n) is 4.93. The minimum Gasteiger partial charge on any atom is -0.322 e. The first-order valence-corrected chi connectivity index (χ1v) is 8.80. The van der Waals surface area contributed by atoms with Crippen molar-refractivity contribution in [1.29, 1.82) is 0 Å². The molecular formula is C16H20BrN3O3. The minimum atomic E-state index is -0.485. The number of benzene rings is 1. The molecule has 1 spiro atoms. The molecule has 1 saturated carbocycles. The number of hydrogen-bond acceptors (Lipinski definition) is 4. The number of amides is 1. The Morgan fingerprint density at radius 3 is 2.70 bits per heavy atom. The van der Waals surface area contributed by atoms with Crippen LogP contribution in [0.5, 0.6) is 0 Å². The molecule has 6 nitrogen and oxygen atoms in total. The molecule has 3 rings (SSSR count). The quantitative estimate of drug-likeness (QED) is 0.641. The van der Waals surface area contributed by atoms with E-state index in [0.29, 0.717) is 11.0 Å². The van der Waals surface area contributed by atoms with Gasteiger partial charge in [-0.3, -0.25) is 20.2 Å². The number of hydrogen-bond donors (Lipinski definition) is 1. The summed E-state index contributed by atoms with van der Waals surface area (Å²) in [6.45, 7) is 2.53. The van der Waals surface area contributed by atoms with Gasteiger partial charge in [-0.05, 0) is 47.3 Å². The van der Waals surface area contributed by atoms with Crippen molar-refractivity contribution in [3.05, 3.63) is 38.3 Å². The second-order valence-corrected chi connectivity index (χ2v) is 7.10. The van der Waals surface area contributed by atoms with E-state index in [1.165, 1.54) is 0 Å². The number of nitrogens with zero attached hydrogens (tertiary/aromatic N) is 2. The van der Waals surface area contributed by atoms with Crippen molar-refractivity contribution in [3.8, 4) is 0 Å². The molecule has 1 aromatic carbocycles. The molecule has 1 N–H and O–H groups in total. The molecule has 23 heavy (non-hydrogen) atoms. The molecule has 1 saturated heterocycles. The molecule has 1 amide bonds. The predicted octanol–water partition coefficient (Wildman–Crippen LogP) is 3.51. The van der Waals surface area contributed by atoms with Crippen LogP contribution in [0.25, 0.3) is 0 Å². The molecule has 1 aliphatic heterocycles. The highest BCUT2D eigenvalue weighted by atomic mass is 79.9. The van der Waals surface area contributed by atoms with E-state index in [9.17, 15) is 14.9 Å². The van der Waals surface area contributed by atoms with Crippen LogP contribution in [0.4, 0.5) is 5.69 Å². The predicted molar refractivity (Wildman–Crippen MR) is 89.9 cm³/mol. The fourth-order valence-electron chi connectivity index (χ4n) is 3.74. The molecule has 0 aromatic heterocycles. The summed E-state index contributed by atoms with van der Waals surface area (Å²) in [6.07, 6.45) is 4.65. The van der Waals surface area contributed by atoms with Crippen molar-refractivity contribution in [3.63, 3.8) is 0 Å². The highest BCUT2D eigenvalue weighted by Crippen LogP contribution is 2.40. The average Bonchev–Trinajstić information content (AvgIpc) is 2.80. The van der Waals surface area contributed by atoms with Gasteiger partial charge >= 0.3 is 0 Å². The molecule has 1 aromatic rings. The minimum absolute atomic E-state index is 0.0254. The molecule has 7 heteroatoms. The second kappa shape index (κ2) is 6.20. The molecule has 1 unspecified atom stereocenters. The van der Waals surface area contributed by atoms with Gasteiger partial charge in [0.05, 0.1) is 14.9 Å². The maximum Gasteiger partial charge on any atom is 0.283 e. The first kappa shape index (κ1) is 16.4. The topological polar surface area (TPSA) is 75.5 Å². The van der Waals surface area contributed by atoms with E-state index >= 15 is 0 Å². The van der Waals surface area contributed by atoms with Crippen LogP contribution in [-0.2, 0) is 4.79 Å². The normalized spacial score (nSPS) is 23.5. The van der Waals surface area contributed by atoms with Crippen LogP contribution in [0.2, 0.25) is 0 Å². The van der Waals surface area contributed by atoms with Crippen molar-refractivity contribution in [2.75, 3.05) is 6.54 Å². The van der Waals surface area contributed by atoms with Gasteiger partial charge in [-0.25, -0.2) is 0 Å². The Bertz CT molecular complexity index is 643. The third-order valence-corrected chi connectivity index (χ3v) is 5.60. The third kappa shape index (κ3) is 2.76. The molecule has 2 fully saturated rings. The zero-order valence-electron chi connectivity index (χ0n) is 13.0. The Morgan fingerprint density at radius 1 is 1.39 bits per heavy atom. The number of rotatable bonds is 3. The molecule has 1 atom stereocenters. The van der Waals surface area contributed by atoms with Crippen LogP contribution in [0.3, 0.4) is 0 Å². The Balaban J connectivity index is 1.97. The number of halogens is 1. The number of nitro groups is 1. The summed E-state index contributed by atoms with van der Waals surface area (Å²) in [5, 5.41) is 14.7. The summed E-state index contributed by atoms with van der Waals surface area (Å²) in [4.78, 5) is 25.5. The molecule has 1 heterocycles. The van der Waals surface area contributed by atoms with Gasteiger partial charge in [-0.15, -0.1) is 0 Å². The summed E-state index contributed by atoms with van der Waals surface area (Å²) < 4.78 is 0.450. The second-order valence-electron chi connectivity index (χ2n) is 6.25. The molecule has 2 aliphatic rings. The zero-order chi connectivity index (χ0) is 16.6. The van der Waals surface area contributed by atoms with Crippen molar-refractivity contribution in [1.82, 2.24) is 10.2 Å². The van der Waals surface area contributed by atoms with Gasteiger partial charge in [0.1, 0.15) is 6.17 Å². The Labute approximate surface area is 143 Å². The maximum atomic E-state index is 12.9. The van der Waals surface area contributed by atoms with Crippen LogP contribution < -0.4 is 5.32 Å². The van der Waals surface area contributed by atoms with Gasteiger partial charge in [0.25, 0.3) is 5.69 Å². The van der Waals surface area contributed by atoms with Crippen LogP contribution in [0.15, 0.2) is 22.7 Å². The zero-order valence-corrected chi connectivity index (χ0v) is 14.6. The van der Waals surface area contributed by atoms with E-state index < -0.39 is 10.5 Å². The van der Waals surface area contributed by atoms with E-state index in [4.69, 9.17) is 0 Å². The summed E-state index contributed by atoms with van der Waals surface area (Å²) in [7, 11) is 0. The smallest absolute Gasteiger partial charge is 0.283 e. The highest BCUT2D eigenvalue weighted by Gasteiger charge is 2.51. The van der Waals surface area contributed by atoms with Crippen molar-refractivity contribution in [2.45, 2.75) is 50.7 Å². The highest BCUT2D eigenvalue weighted by molar-refractivity contribution is 9.10. The number of nitro benzene ring substituents is 1. The lowest BCUT2D eigenvalue weighted by atomic mass is 9.81. The lowest BCUT2D eigenvalue weighted by Gasteiger charge is -2.31. The first-order valence-electron chi connectivity index (χ1n) is 8.01. The van der Waals surface area contributed by atoms with E-state index in [-0.39, 0.29) is 17.8 Å². The van der Waals surface area contributed by atoms with E-state index in [1.54, 1.807) is 17.0 Å².